The molecule has 4 nitrogen and oxygen atoms in total. The van der Waals surface area contributed by atoms with Crippen molar-refractivity contribution in [3.63, 3.8) is 0 Å². The molecule has 96 valence electrons. The maximum Gasteiger partial charge on any atom is 0.305 e. The lowest BCUT2D eigenvalue weighted by atomic mass is 10.4. The summed E-state index contributed by atoms with van der Waals surface area (Å²) >= 11 is 0. The Hall–Kier alpha value is -0.200. The fourth-order valence-electron chi connectivity index (χ4n) is 0.731. The number of hydrogen-bond donors (Lipinski definition) is 1. The molecular weight excluding hydrogens is 244 g/mol. The van der Waals surface area contributed by atoms with E-state index in [2.05, 4.69) is 14.2 Å². The molecule has 0 spiro atoms. The molecule has 0 aliphatic rings. The predicted octanol–water partition coefficient (Wildman–Crippen LogP) is 1.94. The molecule has 0 aromatic heterocycles. The van der Waals surface area contributed by atoms with Gasteiger partial charge in [-0.25, -0.2) is 0 Å². The maximum absolute atomic E-state index is 11.1. The smallest absolute Gasteiger partial charge is 0.305 e. The Kier molecular flexibility index (Phi) is 16.8. The van der Waals surface area contributed by atoms with E-state index < -0.39 is 0 Å². The first-order valence-electron chi connectivity index (χ1n) is 5.56. The Bertz CT molecular complexity index is 189. The van der Waals surface area contributed by atoms with Gasteiger partial charge in [-0.05, 0) is 6.16 Å². The Morgan fingerprint density at radius 3 is 2.50 bits per heavy atom. The van der Waals surface area contributed by atoms with Gasteiger partial charge in [0.1, 0.15) is 6.61 Å². The maximum atomic E-state index is 11.1. The second kappa shape index (κ2) is 14.8. The van der Waals surface area contributed by atoms with Gasteiger partial charge >= 0.3 is 5.97 Å². The summed E-state index contributed by atoms with van der Waals surface area (Å²) in [4.78, 5) is 21.8. The first kappa shape index (κ1) is 18.2. The molecule has 0 bridgehead atoms. The molecule has 0 rings (SSSR count). The van der Waals surface area contributed by atoms with Crippen molar-refractivity contribution in [3.05, 3.63) is 0 Å². The van der Waals surface area contributed by atoms with Crippen molar-refractivity contribution in [2.75, 3.05) is 19.3 Å². The molecule has 0 aromatic rings. The summed E-state index contributed by atoms with van der Waals surface area (Å²) in [5, 5.41) is 2.68. The monoisotopic (exact) mass is 267 g/mol. The summed E-state index contributed by atoms with van der Waals surface area (Å²) in [6.07, 6.45) is 1.82. The number of esters is 1. The van der Waals surface area contributed by atoms with Crippen LogP contribution in [0.4, 0.5) is 0 Å². The van der Waals surface area contributed by atoms with Gasteiger partial charge in [-0.1, -0.05) is 20.8 Å². The minimum atomic E-state index is -0.231. The van der Waals surface area contributed by atoms with Crippen molar-refractivity contribution in [2.45, 2.75) is 33.6 Å². The zero-order valence-corrected chi connectivity index (χ0v) is 12.5. The summed E-state index contributed by atoms with van der Waals surface area (Å²) in [6, 6.07) is 0. The summed E-state index contributed by atoms with van der Waals surface area (Å²) in [7, 11) is 3.32. The Morgan fingerprint density at radius 2 is 2.00 bits per heavy atom. The van der Waals surface area contributed by atoms with Crippen LogP contribution >= 0.6 is 17.2 Å². The lowest BCUT2D eigenvalue weighted by Crippen LogP contribution is -2.28. The van der Waals surface area contributed by atoms with E-state index in [4.69, 9.17) is 4.74 Å². The molecule has 1 amide bonds. The van der Waals surface area contributed by atoms with E-state index in [-0.39, 0.29) is 18.5 Å². The summed E-state index contributed by atoms with van der Waals surface area (Å²) in [5.41, 5.74) is 0. The Morgan fingerprint density at radius 1 is 1.38 bits per heavy atom. The van der Waals surface area contributed by atoms with Gasteiger partial charge in [0.15, 0.2) is 0 Å². The first-order chi connectivity index (χ1) is 7.70. The van der Waals surface area contributed by atoms with Gasteiger partial charge in [0.25, 0.3) is 0 Å². The van der Waals surface area contributed by atoms with Gasteiger partial charge in [-0.3, -0.25) is 9.59 Å². The summed E-state index contributed by atoms with van der Waals surface area (Å²) in [5.74, 6) is -0.210. The average molecular weight is 267 g/mol. The molecule has 0 aliphatic carbocycles. The molecule has 0 fully saturated rings. The Balaban J connectivity index is 0. The van der Waals surface area contributed by atoms with Crippen molar-refractivity contribution < 1.29 is 14.3 Å². The van der Waals surface area contributed by atoms with Crippen molar-refractivity contribution >= 4 is 29.1 Å². The Labute approximate surface area is 102 Å². The number of ether oxygens (including phenoxy) is 1. The largest absolute Gasteiger partial charge is 0.464 e. The minimum Gasteiger partial charge on any atom is -0.464 e. The number of carbonyl (C=O) groups is 2. The van der Waals surface area contributed by atoms with Gasteiger partial charge in [0, 0.05) is 12.8 Å². The third-order valence-corrected chi connectivity index (χ3v) is 2.88. The molecular formula is C10H23NO3P2. The number of nitrogens with one attached hydrogen (secondary N) is 1. The van der Waals surface area contributed by atoms with Crippen molar-refractivity contribution in [1.29, 1.82) is 0 Å². The lowest BCUT2D eigenvalue weighted by Gasteiger charge is -2.05. The second-order valence-corrected chi connectivity index (χ2v) is 4.76. The van der Waals surface area contributed by atoms with E-state index in [1.54, 1.807) is 6.92 Å². The lowest BCUT2D eigenvalue weighted by molar-refractivity contribution is -0.143. The minimum absolute atomic E-state index is 0.0208. The van der Waals surface area contributed by atoms with Crippen LogP contribution in [0, 0.1) is 0 Å². The van der Waals surface area contributed by atoms with Gasteiger partial charge in [0.2, 0.25) is 5.91 Å². The van der Waals surface area contributed by atoms with Crippen LogP contribution in [0.2, 0.25) is 0 Å². The van der Waals surface area contributed by atoms with E-state index in [1.807, 2.05) is 13.8 Å². The number of hydrogen-bond acceptors (Lipinski definition) is 3. The predicted molar refractivity (Wildman–Crippen MR) is 73.1 cm³/mol. The van der Waals surface area contributed by atoms with Crippen LogP contribution in [0.5, 0.6) is 0 Å². The highest BCUT2D eigenvalue weighted by Gasteiger charge is 2.00. The second-order valence-electron chi connectivity index (χ2n) is 2.63. The van der Waals surface area contributed by atoms with Crippen molar-refractivity contribution in [1.82, 2.24) is 5.32 Å². The zero-order chi connectivity index (χ0) is 12.8. The third-order valence-electron chi connectivity index (χ3n) is 1.47. The number of rotatable bonds is 7. The molecule has 0 saturated carbocycles. The van der Waals surface area contributed by atoms with Gasteiger partial charge in [-0.15, -0.1) is 17.2 Å². The molecule has 16 heavy (non-hydrogen) atoms. The van der Waals surface area contributed by atoms with Crippen LogP contribution < -0.4 is 5.32 Å². The van der Waals surface area contributed by atoms with Gasteiger partial charge in [-0.2, -0.15) is 0 Å². The number of amides is 1. The summed E-state index contributed by atoms with van der Waals surface area (Å²) < 4.78 is 4.79. The van der Waals surface area contributed by atoms with E-state index in [1.165, 1.54) is 0 Å². The van der Waals surface area contributed by atoms with Crippen LogP contribution in [0.1, 0.15) is 33.6 Å². The van der Waals surface area contributed by atoms with E-state index in [0.717, 1.165) is 14.4 Å². The molecule has 0 aliphatic heterocycles. The van der Waals surface area contributed by atoms with Crippen molar-refractivity contribution in [2.24, 2.45) is 0 Å². The highest BCUT2D eigenvalue weighted by Crippen LogP contribution is 2.19. The quantitative estimate of drug-likeness (QED) is 0.435. The molecule has 0 heterocycles. The van der Waals surface area contributed by atoms with Crippen LogP contribution in [-0.4, -0.2) is 31.2 Å². The topological polar surface area (TPSA) is 55.4 Å². The molecule has 2 atom stereocenters. The third kappa shape index (κ3) is 13.8. The van der Waals surface area contributed by atoms with Crippen LogP contribution in [-0.2, 0) is 14.3 Å². The standard InChI is InChI=1S/C8H17NO3P2.C2H6/c1-2-8(11)12-5-4-9-7(10)3-6-14-13;1-2/h14H,2-6,13H2,1H3,(H,9,10);1-2H3. The molecule has 0 aromatic carbocycles. The molecule has 6 heteroatoms. The number of carbonyl (C=O) groups excluding carboxylic acids is 2. The first-order valence-corrected chi connectivity index (χ1v) is 8.58. The van der Waals surface area contributed by atoms with E-state index in [0.29, 0.717) is 19.4 Å². The zero-order valence-electron chi connectivity index (χ0n) is 10.3. The normalized spacial score (nSPS) is 9.50. The molecule has 1 N–H and O–H groups in total. The SMILES string of the molecule is CC.CCC(=O)OCCNC(=O)CCPP. The average Bonchev–Trinajstić information content (AvgIpc) is 2.34. The van der Waals surface area contributed by atoms with Gasteiger partial charge in [0.05, 0.1) is 6.54 Å². The van der Waals surface area contributed by atoms with Crippen LogP contribution in [0.3, 0.4) is 0 Å². The molecule has 0 saturated heterocycles. The van der Waals surface area contributed by atoms with Crippen LogP contribution in [0.25, 0.3) is 0 Å². The van der Waals surface area contributed by atoms with E-state index >= 15 is 0 Å². The van der Waals surface area contributed by atoms with Gasteiger partial charge < -0.3 is 10.1 Å². The fraction of sp³-hybridized carbons (Fsp3) is 0.800. The summed E-state index contributed by atoms with van der Waals surface area (Å²) in [6.45, 7) is 6.41. The highest BCUT2D eigenvalue weighted by atomic mass is 32.0. The molecule has 0 radical (unpaired) electrons. The highest BCUT2D eigenvalue weighted by molar-refractivity contribution is 8.02. The molecule has 2 unspecified atom stereocenters. The van der Waals surface area contributed by atoms with E-state index in [9.17, 15) is 9.59 Å². The van der Waals surface area contributed by atoms with Crippen molar-refractivity contribution in [3.8, 4) is 0 Å². The van der Waals surface area contributed by atoms with Crippen LogP contribution in [0.15, 0.2) is 0 Å². The fourth-order valence-corrected chi connectivity index (χ4v) is 1.54.